The Labute approximate surface area is 99.7 Å². The van der Waals surface area contributed by atoms with Gasteiger partial charge in [-0.05, 0) is 48.1 Å². The molecule has 1 amide bonds. The van der Waals surface area contributed by atoms with Gasteiger partial charge in [0.05, 0.1) is 0 Å². The van der Waals surface area contributed by atoms with Gasteiger partial charge in [-0.1, -0.05) is 6.07 Å². The molecule has 1 aliphatic heterocycles. The molecule has 0 bridgehead atoms. The molecule has 1 heterocycles. The smallest absolute Gasteiger partial charge is 0.246 e. The molecule has 1 aromatic rings. The summed E-state index contributed by atoms with van der Waals surface area (Å²) in [7, 11) is 0. The Balaban J connectivity index is 1.89. The molecular formula is C14H14FNO. The summed E-state index contributed by atoms with van der Waals surface area (Å²) in [5.41, 5.74) is 3.05. The summed E-state index contributed by atoms with van der Waals surface area (Å²) >= 11 is 0. The van der Waals surface area contributed by atoms with Gasteiger partial charge in [0, 0.05) is 19.2 Å². The van der Waals surface area contributed by atoms with E-state index in [0.717, 1.165) is 49.1 Å². The van der Waals surface area contributed by atoms with E-state index in [0.29, 0.717) is 0 Å². The standard InChI is InChI=1S/C14H14FNO/c15-12-5-4-10-2-3-11(13(10)9-12)8-14(17)16-6-1-7-16/h4-5,8-9H,1-3,6-7H2/b11-8-. The minimum atomic E-state index is -0.229. The third kappa shape index (κ3) is 1.86. The Hall–Kier alpha value is -1.64. The number of aryl methyl sites for hydroxylation is 1. The molecule has 0 radical (unpaired) electrons. The van der Waals surface area contributed by atoms with E-state index in [-0.39, 0.29) is 11.7 Å². The number of fused-ring (bicyclic) bond motifs is 1. The number of likely N-dealkylation sites (tertiary alicyclic amines) is 1. The first-order chi connectivity index (χ1) is 8.24. The van der Waals surface area contributed by atoms with Crippen molar-refractivity contribution >= 4 is 11.5 Å². The normalized spacial score (nSPS) is 20.3. The van der Waals surface area contributed by atoms with E-state index < -0.39 is 0 Å². The summed E-state index contributed by atoms with van der Waals surface area (Å²) in [6.45, 7) is 1.72. The van der Waals surface area contributed by atoms with E-state index in [4.69, 9.17) is 0 Å². The number of halogens is 1. The molecule has 2 nitrogen and oxygen atoms in total. The fraction of sp³-hybridized carbons (Fsp3) is 0.357. The Morgan fingerprint density at radius 3 is 2.82 bits per heavy atom. The zero-order chi connectivity index (χ0) is 11.8. The molecule has 3 rings (SSSR count). The van der Waals surface area contributed by atoms with E-state index in [1.807, 2.05) is 11.0 Å². The first-order valence-electron chi connectivity index (χ1n) is 6.02. The average Bonchev–Trinajstić information content (AvgIpc) is 2.58. The second-order valence-corrected chi connectivity index (χ2v) is 4.65. The van der Waals surface area contributed by atoms with Crippen molar-refractivity contribution in [3.8, 4) is 0 Å². The van der Waals surface area contributed by atoms with Gasteiger partial charge in [0.15, 0.2) is 0 Å². The monoisotopic (exact) mass is 231 g/mol. The molecule has 3 heteroatoms. The highest BCUT2D eigenvalue weighted by molar-refractivity contribution is 5.96. The van der Waals surface area contributed by atoms with Crippen molar-refractivity contribution < 1.29 is 9.18 Å². The molecule has 1 aromatic carbocycles. The largest absolute Gasteiger partial charge is 0.339 e. The Kier molecular flexibility index (Phi) is 2.46. The Morgan fingerprint density at radius 2 is 2.12 bits per heavy atom. The predicted molar refractivity (Wildman–Crippen MR) is 63.9 cm³/mol. The zero-order valence-electron chi connectivity index (χ0n) is 9.58. The summed E-state index contributed by atoms with van der Waals surface area (Å²) in [5, 5.41) is 0. The summed E-state index contributed by atoms with van der Waals surface area (Å²) in [4.78, 5) is 13.7. The van der Waals surface area contributed by atoms with Crippen LogP contribution >= 0.6 is 0 Å². The third-order valence-corrected chi connectivity index (χ3v) is 3.55. The van der Waals surface area contributed by atoms with Crippen molar-refractivity contribution in [2.45, 2.75) is 19.3 Å². The van der Waals surface area contributed by atoms with Crippen LogP contribution in [0.1, 0.15) is 24.0 Å². The van der Waals surface area contributed by atoms with Gasteiger partial charge in [-0.15, -0.1) is 0 Å². The van der Waals surface area contributed by atoms with Gasteiger partial charge in [-0.25, -0.2) is 4.39 Å². The topological polar surface area (TPSA) is 20.3 Å². The number of hydrogen-bond acceptors (Lipinski definition) is 1. The lowest BCUT2D eigenvalue weighted by atomic mass is 10.1. The quantitative estimate of drug-likeness (QED) is 0.679. The fourth-order valence-corrected chi connectivity index (χ4v) is 2.40. The summed E-state index contributed by atoms with van der Waals surface area (Å²) in [6.07, 6.45) is 4.54. The molecule has 88 valence electrons. The lowest BCUT2D eigenvalue weighted by molar-refractivity contribution is -0.129. The van der Waals surface area contributed by atoms with Crippen LogP contribution in [0.5, 0.6) is 0 Å². The number of carbonyl (C=O) groups is 1. The van der Waals surface area contributed by atoms with Crippen LogP contribution in [-0.4, -0.2) is 23.9 Å². The number of carbonyl (C=O) groups excluding carboxylic acids is 1. The fourth-order valence-electron chi connectivity index (χ4n) is 2.40. The molecule has 1 aliphatic carbocycles. The van der Waals surface area contributed by atoms with Crippen molar-refractivity contribution in [2.75, 3.05) is 13.1 Å². The maximum atomic E-state index is 13.2. The van der Waals surface area contributed by atoms with Crippen LogP contribution in [0.2, 0.25) is 0 Å². The first-order valence-corrected chi connectivity index (χ1v) is 6.02. The maximum absolute atomic E-state index is 13.2. The Bertz CT molecular complexity index is 503. The number of amides is 1. The number of hydrogen-bond donors (Lipinski definition) is 0. The number of allylic oxidation sites excluding steroid dienone is 1. The highest BCUT2D eigenvalue weighted by Gasteiger charge is 2.22. The van der Waals surface area contributed by atoms with E-state index in [2.05, 4.69) is 0 Å². The molecule has 1 fully saturated rings. The lowest BCUT2D eigenvalue weighted by Gasteiger charge is -2.29. The van der Waals surface area contributed by atoms with Crippen LogP contribution in [0.15, 0.2) is 24.3 Å². The molecule has 0 atom stereocenters. The van der Waals surface area contributed by atoms with Crippen LogP contribution < -0.4 is 0 Å². The maximum Gasteiger partial charge on any atom is 0.246 e. The molecule has 0 spiro atoms. The minimum Gasteiger partial charge on any atom is -0.339 e. The first kappa shape index (κ1) is 10.5. The average molecular weight is 231 g/mol. The molecule has 0 unspecified atom stereocenters. The van der Waals surface area contributed by atoms with E-state index in [1.54, 1.807) is 6.08 Å². The number of benzene rings is 1. The van der Waals surface area contributed by atoms with Gasteiger partial charge in [0.1, 0.15) is 5.82 Å². The van der Waals surface area contributed by atoms with Crippen LogP contribution in [0.4, 0.5) is 4.39 Å². The highest BCUT2D eigenvalue weighted by Crippen LogP contribution is 2.32. The molecule has 0 saturated carbocycles. The second-order valence-electron chi connectivity index (χ2n) is 4.65. The minimum absolute atomic E-state index is 0.0726. The van der Waals surface area contributed by atoms with Gasteiger partial charge in [-0.2, -0.15) is 0 Å². The van der Waals surface area contributed by atoms with Crippen LogP contribution in [-0.2, 0) is 11.2 Å². The van der Waals surface area contributed by atoms with Crippen LogP contribution in [0.3, 0.4) is 0 Å². The number of nitrogens with zero attached hydrogens (tertiary/aromatic N) is 1. The molecule has 2 aliphatic rings. The van der Waals surface area contributed by atoms with Gasteiger partial charge in [0.25, 0.3) is 0 Å². The van der Waals surface area contributed by atoms with Crippen molar-refractivity contribution in [1.82, 2.24) is 4.90 Å². The molecule has 17 heavy (non-hydrogen) atoms. The zero-order valence-corrected chi connectivity index (χ0v) is 9.58. The van der Waals surface area contributed by atoms with Crippen LogP contribution in [0, 0.1) is 5.82 Å². The van der Waals surface area contributed by atoms with Crippen molar-refractivity contribution in [2.24, 2.45) is 0 Å². The summed E-state index contributed by atoms with van der Waals surface area (Å²) in [5.74, 6) is -0.156. The van der Waals surface area contributed by atoms with Crippen LogP contribution in [0.25, 0.3) is 5.57 Å². The van der Waals surface area contributed by atoms with E-state index >= 15 is 0 Å². The lowest BCUT2D eigenvalue weighted by Crippen LogP contribution is -2.41. The highest BCUT2D eigenvalue weighted by atomic mass is 19.1. The molecule has 1 saturated heterocycles. The third-order valence-electron chi connectivity index (χ3n) is 3.55. The predicted octanol–water partition coefficient (Wildman–Crippen LogP) is 2.39. The van der Waals surface area contributed by atoms with Gasteiger partial charge < -0.3 is 4.90 Å². The number of rotatable bonds is 1. The molecular weight excluding hydrogens is 217 g/mol. The van der Waals surface area contributed by atoms with Crippen molar-refractivity contribution in [3.05, 3.63) is 41.2 Å². The SMILES string of the molecule is O=C(/C=C1/CCc2ccc(F)cc21)N1CCC1. The van der Waals surface area contributed by atoms with Gasteiger partial charge in [-0.3, -0.25) is 4.79 Å². The van der Waals surface area contributed by atoms with Crippen molar-refractivity contribution in [3.63, 3.8) is 0 Å². The summed E-state index contributed by atoms with van der Waals surface area (Å²) in [6, 6.07) is 4.84. The van der Waals surface area contributed by atoms with E-state index in [9.17, 15) is 9.18 Å². The molecule has 0 N–H and O–H groups in total. The molecule has 0 aromatic heterocycles. The van der Waals surface area contributed by atoms with Gasteiger partial charge >= 0.3 is 0 Å². The summed E-state index contributed by atoms with van der Waals surface area (Å²) < 4.78 is 13.2. The van der Waals surface area contributed by atoms with Gasteiger partial charge in [0.2, 0.25) is 5.91 Å². The Morgan fingerprint density at radius 1 is 1.29 bits per heavy atom. The second kappa shape index (κ2) is 3.99. The van der Waals surface area contributed by atoms with E-state index in [1.165, 1.54) is 12.1 Å². The van der Waals surface area contributed by atoms with Crippen molar-refractivity contribution in [1.29, 1.82) is 0 Å².